The third-order valence-electron chi connectivity index (χ3n) is 5.84. The normalized spacial score (nSPS) is 11.9. The molecular weight excluding hydrogens is 455 g/mol. The molecule has 0 fully saturated rings. The molecule has 1 atom stereocenters. The molecule has 1 heterocycles. The number of hydrogen-bond donors (Lipinski definition) is 1. The standard InChI is InChI=1S/C29H31FN4O2/c1-29(2,3)23-11-13-25(14-12-23)34(26(35)10-5-16-31)27(22-8-6-17-32-20-22)28(36)33-18-15-21-7-4-9-24(30)19-21/h4,6-9,11-14,17,19-20,27H,5,10,15,18H2,1-3H3,(H,33,36). The zero-order chi connectivity index (χ0) is 26.1. The van der Waals surface area contributed by atoms with E-state index in [4.69, 9.17) is 5.26 Å². The fraction of sp³-hybridized carbons (Fsp3) is 0.310. The molecule has 0 bridgehead atoms. The van der Waals surface area contributed by atoms with Crippen molar-refractivity contribution >= 4 is 17.5 Å². The molecule has 0 aliphatic carbocycles. The van der Waals surface area contributed by atoms with Gasteiger partial charge in [0.1, 0.15) is 11.9 Å². The predicted octanol–water partition coefficient (Wildman–Crippen LogP) is 5.26. The van der Waals surface area contributed by atoms with Crippen molar-refractivity contribution in [1.29, 1.82) is 5.26 Å². The highest BCUT2D eigenvalue weighted by Gasteiger charge is 2.32. The highest BCUT2D eigenvalue weighted by molar-refractivity contribution is 6.01. The SMILES string of the molecule is CC(C)(C)c1ccc(N(C(=O)CCC#N)C(C(=O)NCCc2cccc(F)c2)c2cccnc2)cc1. The maximum absolute atomic E-state index is 13.5. The predicted molar refractivity (Wildman–Crippen MR) is 138 cm³/mol. The van der Waals surface area contributed by atoms with E-state index in [2.05, 4.69) is 31.1 Å². The summed E-state index contributed by atoms with van der Waals surface area (Å²) in [5.74, 6) is -1.06. The Morgan fingerprint density at radius 1 is 1.11 bits per heavy atom. The molecule has 0 spiro atoms. The van der Waals surface area contributed by atoms with Gasteiger partial charge < -0.3 is 5.32 Å². The Morgan fingerprint density at radius 3 is 2.47 bits per heavy atom. The highest BCUT2D eigenvalue weighted by atomic mass is 19.1. The second-order valence-electron chi connectivity index (χ2n) is 9.58. The number of anilines is 1. The first-order valence-corrected chi connectivity index (χ1v) is 11.9. The minimum absolute atomic E-state index is 0.0230. The van der Waals surface area contributed by atoms with Crippen LogP contribution in [-0.2, 0) is 21.4 Å². The van der Waals surface area contributed by atoms with Crippen molar-refractivity contribution in [2.45, 2.75) is 51.5 Å². The number of carbonyl (C=O) groups excluding carboxylic acids is 2. The van der Waals surface area contributed by atoms with Crippen LogP contribution in [0.1, 0.15) is 56.3 Å². The molecular formula is C29H31FN4O2. The summed E-state index contributed by atoms with van der Waals surface area (Å²) >= 11 is 0. The van der Waals surface area contributed by atoms with Crippen molar-refractivity contribution in [1.82, 2.24) is 10.3 Å². The van der Waals surface area contributed by atoms with E-state index in [0.717, 1.165) is 11.1 Å². The number of aromatic nitrogens is 1. The number of amides is 2. The molecule has 7 heteroatoms. The number of benzene rings is 2. The van der Waals surface area contributed by atoms with Gasteiger partial charge in [-0.1, -0.05) is 51.1 Å². The molecule has 36 heavy (non-hydrogen) atoms. The van der Waals surface area contributed by atoms with Gasteiger partial charge in [-0.25, -0.2) is 4.39 Å². The highest BCUT2D eigenvalue weighted by Crippen LogP contribution is 2.31. The topological polar surface area (TPSA) is 86.1 Å². The lowest BCUT2D eigenvalue weighted by molar-refractivity contribution is -0.126. The van der Waals surface area contributed by atoms with Crippen LogP contribution in [0, 0.1) is 17.1 Å². The maximum Gasteiger partial charge on any atom is 0.247 e. The number of nitrogens with one attached hydrogen (secondary N) is 1. The molecule has 0 radical (unpaired) electrons. The summed E-state index contributed by atoms with van der Waals surface area (Å²) in [6.07, 6.45) is 3.61. The smallest absolute Gasteiger partial charge is 0.247 e. The van der Waals surface area contributed by atoms with Gasteiger partial charge in [0.05, 0.1) is 6.07 Å². The third kappa shape index (κ3) is 6.98. The molecule has 186 valence electrons. The Hall–Kier alpha value is -4.05. The van der Waals surface area contributed by atoms with Crippen molar-refractivity contribution in [2.24, 2.45) is 0 Å². The molecule has 1 unspecified atom stereocenters. The number of pyridine rings is 1. The number of hydrogen-bond acceptors (Lipinski definition) is 4. The van der Waals surface area contributed by atoms with Gasteiger partial charge in [-0.3, -0.25) is 19.5 Å². The summed E-state index contributed by atoms with van der Waals surface area (Å²) in [5, 5.41) is 12.0. The van der Waals surface area contributed by atoms with Crippen LogP contribution in [0.5, 0.6) is 0 Å². The first-order valence-electron chi connectivity index (χ1n) is 11.9. The Kier molecular flexibility index (Phi) is 8.91. The Labute approximate surface area is 211 Å². The summed E-state index contributed by atoms with van der Waals surface area (Å²) in [7, 11) is 0. The van der Waals surface area contributed by atoms with Crippen molar-refractivity contribution in [3.8, 4) is 6.07 Å². The van der Waals surface area contributed by atoms with E-state index in [1.165, 1.54) is 17.0 Å². The lowest BCUT2D eigenvalue weighted by Crippen LogP contribution is -2.44. The van der Waals surface area contributed by atoms with Crippen LogP contribution in [0.4, 0.5) is 10.1 Å². The Balaban J connectivity index is 1.94. The summed E-state index contributed by atoms with van der Waals surface area (Å²) < 4.78 is 13.5. The van der Waals surface area contributed by atoms with Gasteiger partial charge in [-0.2, -0.15) is 5.26 Å². The molecule has 0 aliphatic rings. The quantitative estimate of drug-likeness (QED) is 0.447. The van der Waals surface area contributed by atoms with Crippen LogP contribution >= 0.6 is 0 Å². The van der Waals surface area contributed by atoms with Crippen molar-refractivity contribution in [3.63, 3.8) is 0 Å². The van der Waals surface area contributed by atoms with Gasteiger partial charge in [0, 0.05) is 43.0 Å². The second-order valence-corrected chi connectivity index (χ2v) is 9.58. The molecule has 0 saturated carbocycles. The van der Waals surface area contributed by atoms with Crippen LogP contribution in [0.3, 0.4) is 0 Å². The summed E-state index contributed by atoms with van der Waals surface area (Å²) in [6, 6.07) is 18.2. The van der Waals surface area contributed by atoms with E-state index in [9.17, 15) is 14.0 Å². The number of nitriles is 1. The van der Waals surface area contributed by atoms with Crippen LogP contribution in [0.2, 0.25) is 0 Å². The van der Waals surface area contributed by atoms with E-state index >= 15 is 0 Å². The summed E-state index contributed by atoms with van der Waals surface area (Å²) in [5.41, 5.74) is 2.87. The van der Waals surface area contributed by atoms with Crippen LogP contribution in [0.15, 0.2) is 73.1 Å². The van der Waals surface area contributed by atoms with Gasteiger partial charge in [0.2, 0.25) is 11.8 Å². The van der Waals surface area contributed by atoms with E-state index in [1.54, 1.807) is 36.7 Å². The molecule has 1 N–H and O–H groups in total. The lowest BCUT2D eigenvalue weighted by atomic mass is 9.87. The summed E-state index contributed by atoms with van der Waals surface area (Å²) in [6.45, 7) is 6.56. The maximum atomic E-state index is 13.5. The molecule has 3 rings (SSSR count). The Bertz CT molecular complexity index is 1210. The monoisotopic (exact) mass is 486 g/mol. The number of rotatable bonds is 9. The van der Waals surface area contributed by atoms with Gasteiger partial charge in [0.25, 0.3) is 0 Å². The molecule has 2 amide bonds. The second kappa shape index (κ2) is 12.1. The van der Waals surface area contributed by atoms with Crippen LogP contribution in [-0.4, -0.2) is 23.3 Å². The third-order valence-corrected chi connectivity index (χ3v) is 5.84. The zero-order valence-corrected chi connectivity index (χ0v) is 20.9. The minimum Gasteiger partial charge on any atom is -0.354 e. The van der Waals surface area contributed by atoms with Crippen molar-refractivity contribution in [3.05, 3.63) is 95.6 Å². The van der Waals surface area contributed by atoms with E-state index < -0.39 is 6.04 Å². The van der Waals surface area contributed by atoms with Crippen LogP contribution < -0.4 is 10.2 Å². The largest absolute Gasteiger partial charge is 0.354 e. The number of halogens is 1. The van der Waals surface area contributed by atoms with E-state index in [0.29, 0.717) is 17.7 Å². The van der Waals surface area contributed by atoms with Crippen molar-refractivity contribution < 1.29 is 14.0 Å². The van der Waals surface area contributed by atoms with E-state index in [1.807, 2.05) is 30.3 Å². The fourth-order valence-electron chi connectivity index (χ4n) is 3.92. The van der Waals surface area contributed by atoms with Gasteiger partial charge >= 0.3 is 0 Å². The summed E-state index contributed by atoms with van der Waals surface area (Å²) in [4.78, 5) is 32.5. The van der Waals surface area contributed by atoms with E-state index in [-0.39, 0.29) is 42.4 Å². The first kappa shape index (κ1) is 26.6. The number of carbonyl (C=O) groups is 2. The number of nitrogens with zero attached hydrogens (tertiary/aromatic N) is 3. The van der Waals surface area contributed by atoms with Crippen molar-refractivity contribution in [2.75, 3.05) is 11.4 Å². The van der Waals surface area contributed by atoms with Gasteiger partial charge in [0.15, 0.2) is 0 Å². The fourth-order valence-corrected chi connectivity index (χ4v) is 3.92. The van der Waals surface area contributed by atoms with Crippen LogP contribution in [0.25, 0.3) is 0 Å². The molecule has 0 saturated heterocycles. The lowest BCUT2D eigenvalue weighted by Gasteiger charge is -2.32. The molecule has 2 aromatic carbocycles. The first-order chi connectivity index (χ1) is 17.2. The molecule has 3 aromatic rings. The molecule has 6 nitrogen and oxygen atoms in total. The average Bonchev–Trinajstić information content (AvgIpc) is 2.86. The molecule has 0 aliphatic heterocycles. The minimum atomic E-state index is -0.988. The average molecular weight is 487 g/mol. The Morgan fingerprint density at radius 2 is 1.86 bits per heavy atom. The molecule has 1 aromatic heterocycles. The van der Waals surface area contributed by atoms with Gasteiger partial charge in [-0.15, -0.1) is 0 Å². The zero-order valence-electron chi connectivity index (χ0n) is 20.9. The van der Waals surface area contributed by atoms with Gasteiger partial charge in [-0.05, 0) is 53.3 Å².